The highest BCUT2D eigenvalue weighted by molar-refractivity contribution is 5.89. The third-order valence-electron chi connectivity index (χ3n) is 3.60. The number of amides is 2. The van der Waals surface area contributed by atoms with Gasteiger partial charge in [0.15, 0.2) is 0 Å². The number of esters is 1. The first-order valence-corrected chi connectivity index (χ1v) is 7.39. The number of urea groups is 1. The van der Waals surface area contributed by atoms with Crippen LogP contribution < -0.4 is 5.32 Å². The zero-order valence-corrected chi connectivity index (χ0v) is 12.6. The predicted octanol–water partition coefficient (Wildman–Crippen LogP) is 2.80. The van der Waals surface area contributed by atoms with Crippen molar-refractivity contribution in [1.82, 2.24) is 4.90 Å². The van der Waals surface area contributed by atoms with Gasteiger partial charge in [0.25, 0.3) is 0 Å². The van der Waals surface area contributed by atoms with Crippen LogP contribution in [0.15, 0.2) is 24.3 Å². The van der Waals surface area contributed by atoms with Gasteiger partial charge in [0.05, 0.1) is 12.5 Å². The number of benzene rings is 1. The molecule has 114 valence electrons. The molecule has 0 spiro atoms. The molecule has 1 aromatic carbocycles. The zero-order valence-electron chi connectivity index (χ0n) is 12.6. The fourth-order valence-corrected chi connectivity index (χ4v) is 2.54. The van der Waals surface area contributed by atoms with E-state index in [4.69, 9.17) is 4.74 Å². The van der Waals surface area contributed by atoms with Crippen molar-refractivity contribution < 1.29 is 14.3 Å². The average Bonchev–Trinajstić information content (AvgIpc) is 2.47. The van der Waals surface area contributed by atoms with Crippen molar-refractivity contribution in [3.8, 4) is 0 Å². The Bertz CT molecular complexity index is 516. The molecule has 1 heterocycles. The number of nitrogens with zero attached hydrogens (tertiary/aromatic N) is 1. The van der Waals surface area contributed by atoms with Gasteiger partial charge in [-0.3, -0.25) is 4.79 Å². The van der Waals surface area contributed by atoms with Crippen LogP contribution in [0.25, 0.3) is 0 Å². The fraction of sp³-hybridized carbons (Fsp3) is 0.500. The molecule has 5 nitrogen and oxygen atoms in total. The Morgan fingerprint density at radius 1 is 1.43 bits per heavy atom. The van der Waals surface area contributed by atoms with Gasteiger partial charge in [0, 0.05) is 18.8 Å². The number of carbonyl (C=O) groups is 2. The highest BCUT2D eigenvalue weighted by Crippen LogP contribution is 2.19. The quantitative estimate of drug-likeness (QED) is 0.871. The lowest BCUT2D eigenvalue weighted by Gasteiger charge is -2.31. The predicted molar refractivity (Wildman–Crippen MR) is 81.1 cm³/mol. The minimum atomic E-state index is -0.207. The molecular weight excluding hydrogens is 268 g/mol. The summed E-state index contributed by atoms with van der Waals surface area (Å²) in [6.07, 6.45) is 1.61. The number of ether oxygens (including phenoxy) is 1. The van der Waals surface area contributed by atoms with Crippen LogP contribution in [-0.4, -0.2) is 36.6 Å². The Morgan fingerprint density at radius 2 is 2.24 bits per heavy atom. The first-order valence-electron chi connectivity index (χ1n) is 7.39. The summed E-state index contributed by atoms with van der Waals surface area (Å²) in [6, 6.07) is 7.51. The van der Waals surface area contributed by atoms with Crippen LogP contribution in [0.5, 0.6) is 0 Å². The standard InChI is InChI=1S/C16H22N2O3/c1-3-21-15(19)13-7-5-9-18(11-13)16(20)17-14-8-4-6-12(2)10-14/h4,6,8,10,13H,3,5,7,9,11H2,1-2H3,(H,17,20)/t13-/m1/s1. The molecule has 0 aromatic heterocycles. The molecule has 0 bridgehead atoms. The molecule has 1 aliphatic heterocycles. The van der Waals surface area contributed by atoms with Crippen LogP contribution in [0, 0.1) is 12.8 Å². The van der Waals surface area contributed by atoms with Crippen molar-refractivity contribution in [3.63, 3.8) is 0 Å². The monoisotopic (exact) mass is 290 g/mol. The lowest BCUT2D eigenvalue weighted by atomic mass is 9.98. The van der Waals surface area contributed by atoms with E-state index in [0.29, 0.717) is 19.7 Å². The van der Waals surface area contributed by atoms with Crippen molar-refractivity contribution in [1.29, 1.82) is 0 Å². The number of piperidine rings is 1. The van der Waals surface area contributed by atoms with Crippen LogP contribution in [0.3, 0.4) is 0 Å². The van der Waals surface area contributed by atoms with Crippen LogP contribution in [-0.2, 0) is 9.53 Å². The van der Waals surface area contributed by atoms with Crippen molar-refractivity contribution in [2.24, 2.45) is 5.92 Å². The number of anilines is 1. The maximum atomic E-state index is 12.3. The smallest absolute Gasteiger partial charge is 0.321 e. The highest BCUT2D eigenvalue weighted by atomic mass is 16.5. The van der Waals surface area contributed by atoms with Crippen LogP contribution in [0.4, 0.5) is 10.5 Å². The summed E-state index contributed by atoms with van der Waals surface area (Å²) in [6.45, 7) is 5.26. The van der Waals surface area contributed by atoms with E-state index >= 15 is 0 Å². The molecule has 1 atom stereocenters. The van der Waals surface area contributed by atoms with Gasteiger partial charge < -0.3 is 15.0 Å². The van der Waals surface area contributed by atoms with Gasteiger partial charge >= 0.3 is 12.0 Å². The van der Waals surface area contributed by atoms with Crippen molar-refractivity contribution in [3.05, 3.63) is 29.8 Å². The summed E-state index contributed by atoms with van der Waals surface area (Å²) in [5, 5.41) is 2.88. The molecule has 1 N–H and O–H groups in total. The molecule has 1 saturated heterocycles. The van der Waals surface area contributed by atoms with Gasteiger partial charge in [0.1, 0.15) is 0 Å². The molecule has 1 aliphatic rings. The van der Waals surface area contributed by atoms with E-state index in [-0.39, 0.29) is 17.9 Å². The summed E-state index contributed by atoms with van der Waals surface area (Å²) < 4.78 is 5.05. The zero-order chi connectivity index (χ0) is 15.2. The second-order valence-corrected chi connectivity index (χ2v) is 5.34. The van der Waals surface area contributed by atoms with E-state index in [1.165, 1.54) is 0 Å². The molecule has 0 aliphatic carbocycles. The molecule has 5 heteroatoms. The fourth-order valence-electron chi connectivity index (χ4n) is 2.54. The van der Waals surface area contributed by atoms with E-state index < -0.39 is 0 Å². The Hall–Kier alpha value is -2.04. The minimum Gasteiger partial charge on any atom is -0.466 e. The van der Waals surface area contributed by atoms with Crippen LogP contribution >= 0.6 is 0 Å². The Morgan fingerprint density at radius 3 is 2.95 bits per heavy atom. The van der Waals surface area contributed by atoms with Crippen molar-refractivity contribution >= 4 is 17.7 Å². The van der Waals surface area contributed by atoms with E-state index in [1.807, 2.05) is 31.2 Å². The van der Waals surface area contributed by atoms with Gasteiger partial charge in [0.2, 0.25) is 0 Å². The Labute approximate surface area is 125 Å². The number of nitrogens with one attached hydrogen (secondary N) is 1. The molecule has 0 saturated carbocycles. The van der Waals surface area contributed by atoms with Crippen LogP contribution in [0.2, 0.25) is 0 Å². The molecule has 2 rings (SSSR count). The van der Waals surface area contributed by atoms with Gasteiger partial charge in [-0.05, 0) is 44.4 Å². The van der Waals surface area contributed by atoms with E-state index in [1.54, 1.807) is 11.8 Å². The minimum absolute atomic E-state index is 0.158. The summed E-state index contributed by atoms with van der Waals surface area (Å²) in [5.74, 6) is -0.410. The molecule has 2 amide bonds. The number of hydrogen-bond donors (Lipinski definition) is 1. The SMILES string of the molecule is CCOC(=O)[C@@H]1CCCN(C(=O)Nc2cccc(C)c2)C1. The van der Waals surface area contributed by atoms with E-state index in [9.17, 15) is 9.59 Å². The molecule has 0 unspecified atom stereocenters. The normalized spacial score (nSPS) is 18.2. The number of likely N-dealkylation sites (tertiary alicyclic amines) is 1. The largest absolute Gasteiger partial charge is 0.466 e. The third kappa shape index (κ3) is 4.21. The first-order chi connectivity index (χ1) is 10.1. The molecule has 21 heavy (non-hydrogen) atoms. The maximum Gasteiger partial charge on any atom is 0.321 e. The highest BCUT2D eigenvalue weighted by Gasteiger charge is 2.29. The molecule has 1 fully saturated rings. The molecule has 1 aromatic rings. The molecule has 0 radical (unpaired) electrons. The lowest BCUT2D eigenvalue weighted by Crippen LogP contribution is -2.44. The van der Waals surface area contributed by atoms with Gasteiger partial charge in [-0.2, -0.15) is 0 Å². The number of carbonyl (C=O) groups excluding carboxylic acids is 2. The second kappa shape index (κ2) is 7.11. The van der Waals surface area contributed by atoms with Gasteiger partial charge in [-0.15, -0.1) is 0 Å². The average molecular weight is 290 g/mol. The molecular formula is C16H22N2O3. The van der Waals surface area contributed by atoms with E-state index in [0.717, 1.165) is 24.1 Å². The van der Waals surface area contributed by atoms with Crippen molar-refractivity contribution in [2.75, 3.05) is 25.0 Å². The third-order valence-corrected chi connectivity index (χ3v) is 3.60. The summed E-state index contributed by atoms with van der Waals surface area (Å²) in [5.41, 5.74) is 1.87. The Kier molecular flexibility index (Phi) is 5.20. The number of aryl methyl sites for hydroxylation is 1. The topological polar surface area (TPSA) is 58.6 Å². The van der Waals surface area contributed by atoms with Gasteiger partial charge in [-0.25, -0.2) is 4.79 Å². The van der Waals surface area contributed by atoms with E-state index in [2.05, 4.69) is 5.32 Å². The van der Waals surface area contributed by atoms with Gasteiger partial charge in [-0.1, -0.05) is 12.1 Å². The second-order valence-electron chi connectivity index (χ2n) is 5.34. The Balaban J connectivity index is 1.94. The van der Waals surface area contributed by atoms with Crippen molar-refractivity contribution in [2.45, 2.75) is 26.7 Å². The summed E-state index contributed by atoms with van der Waals surface area (Å²) >= 11 is 0. The van der Waals surface area contributed by atoms with Crippen LogP contribution in [0.1, 0.15) is 25.3 Å². The number of hydrogen-bond acceptors (Lipinski definition) is 3. The lowest BCUT2D eigenvalue weighted by molar-refractivity contribution is -0.149. The summed E-state index contributed by atoms with van der Waals surface area (Å²) in [7, 11) is 0. The number of rotatable bonds is 3. The first kappa shape index (κ1) is 15.4. The summed E-state index contributed by atoms with van der Waals surface area (Å²) in [4.78, 5) is 25.7. The maximum absolute atomic E-state index is 12.3.